The highest BCUT2D eigenvalue weighted by Gasteiger charge is 2.18. The van der Waals surface area contributed by atoms with Gasteiger partial charge < -0.3 is 5.32 Å². The Bertz CT molecular complexity index is 337. The highest BCUT2D eigenvalue weighted by molar-refractivity contribution is 9.10. The smallest absolute Gasteiger partial charge is 0.238 e. The average molecular weight is 291 g/mol. The summed E-state index contributed by atoms with van der Waals surface area (Å²) in [5, 5.41) is 3.47. The van der Waals surface area contributed by atoms with E-state index < -0.39 is 0 Å². The molecule has 1 N–H and O–H groups in total. The van der Waals surface area contributed by atoms with Crippen molar-refractivity contribution in [2.24, 2.45) is 5.92 Å². The maximum absolute atomic E-state index is 11.6. The molecule has 82 valence electrons. The minimum atomic E-state index is -0.173. The van der Waals surface area contributed by atoms with Crippen LogP contribution in [0, 0.1) is 5.92 Å². The van der Waals surface area contributed by atoms with Crippen LogP contribution in [0.3, 0.4) is 0 Å². The molecule has 1 aromatic carbocycles. The van der Waals surface area contributed by atoms with Gasteiger partial charge in [0.2, 0.25) is 5.91 Å². The van der Waals surface area contributed by atoms with Crippen molar-refractivity contribution in [3.63, 3.8) is 0 Å². The van der Waals surface area contributed by atoms with Crippen LogP contribution in [0.1, 0.15) is 13.8 Å². The van der Waals surface area contributed by atoms with E-state index in [1.807, 2.05) is 13.8 Å². The third kappa shape index (κ3) is 3.84. The first kappa shape index (κ1) is 12.5. The van der Waals surface area contributed by atoms with Crippen LogP contribution in [0.5, 0.6) is 0 Å². The van der Waals surface area contributed by atoms with Crippen LogP contribution in [0.2, 0.25) is 5.02 Å². The molecule has 15 heavy (non-hydrogen) atoms. The lowest BCUT2D eigenvalue weighted by atomic mass is 10.1. The number of carbonyl (C=O) groups is 1. The first-order valence-electron chi connectivity index (χ1n) is 4.71. The van der Waals surface area contributed by atoms with Crippen molar-refractivity contribution >= 4 is 39.1 Å². The second-order valence-corrected chi connectivity index (χ2v) is 5.06. The summed E-state index contributed by atoms with van der Waals surface area (Å²) >= 11 is 9.08. The molecule has 0 radical (unpaired) electrons. The van der Waals surface area contributed by atoms with E-state index in [0.29, 0.717) is 5.02 Å². The Hall–Kier alpha value is -0.540. The summed E-state index contributed by atoms with van der Waals surface area (Å²) < 4.78 is 0. The molecule has 1 aromatic rings. The zero-order valence-corrected chi connectivity index (χ0v) is 11.0. The van der Waals surface area contributed by atoms with Gasteiger partial charge in [-0.25, -0.2) is 0 Å². The molecule has 0 aliphatic carbocycles. The molecule has 1 atom stereocenters. The van der Waals surface area contributed by atoms with Gasteiger partial charge >= 0.3 is 0 Å². The third-order valence-electron chi connectivity index (χ3n) is 1.95. The van der Waals surface area contributed by atoms with E-state index in [1.165, 1.54) is 0 Å². The molecule has 1 amide bonds. The maximum atomic E-state index is 11.6. The lowest BCUT2D eigenvalue weighted by molar-refractivity contribution is -0.116. The van der Waals surface area contributed by atoms with Gasteiger partial charge in [0.05, 0.1) is 4.83 Å². The summed E-state index contributed by atoms with van der Waals surface area (Å²) in [6.07, 6.45) is 0. The van der Waals surface area contributed by atoms with Crippen molar-refractivity contribution < 1.29 is 4.79 Å². The fourth-order valence-corrected chi connectivity index (χ4v) is 1.29. The van der Waals surface area contributed by atoms with Crippen LogP contribution in [0.4, 0.5) is 5.69 Å². The molecule has 4 heteroatoms. The number of hydrogen-bond donors (Lipinski definition) is 1. The van der Waals surface area contributed by atoms with Crippen LogP contribution >= 0.6 is 27.5 Å². The Morgan fingerprint density at radius 1 is 1.33 bits per heavy atom. The standard InChI is InChI=1S/C11H13BrClNO/c1-7(2)10(12)11(15)14-9-5-3-8(13)4-6-9/h3-7,10H,1-2H3,(H,14,15)/t10-/m0/s1. The summed E-state index contributed by atoms with van der Waals surface area (Å²) in [6, 6.07) is 7.05. The van der Waals surface area contributed by atoms with Gasteiger partial charge in [0.1, 0.15) is 0 Å². The fourth-order valence-electron chi connectivity index (χ4n) is 1.05. The Kier molecular flexibility index (Phi) is 4.61. The molecule has 0 saturated carbocycles. The van der Waals surface area contributed by atoms with E-state index in [1.54, 1.807) is 24.3 Å². The van der Waals surface area contributed by atoms with E-state index in [9.17, 15) is 4.79 Å². The molecule has 0 heterocycles. The lowest BCUT2D eigenvalue weighted by Gasteiger charge is -2.13. The second-order valence-electron chi connectivity index (χ2n) is 3.64. The van der Waals surface area contributed by atoms with Crippen LogP contribution in [0.15, 0.2) is 24.3 Å². The lowest BCUT2D eigenvalue weighted by Crippen LogP contribution is -2.26. The number of nitrogens with one attached hydrogen (secondary N) is 1. The van der Waals surface area contributed by atoms with Crippen molar-refractivity contribution in [3.05, 3.63) is 29.3 Å². The first-order valence-corrected chi connectivity index (χ1v) is 6.00. The van der Waals surface area contributed by atoms with Gasteiger partial charge in [-0.1, -0.05) is 41.4 Å². The van der Waals surface area contributed by atoms with Crippen molar-refractivity contribution in [3.8, 4) is 0 Å². The number of alkyl halides is 1. The van der Waals surface area contributed by atoms with E-state index in [-0.39, 0.29) is 16.7 Å². The minimum Gasteiger partial charge on any atom is -0.325 e. The molecule has 0 bridgehead atoms. The number of halogens is 2. The van der Waals surface area contributed by atoms with Crippen LogP contribution in [-0.2, 0) is 4.79 Å². The normalized spacial score (nSPS) is 12.6. The number of rotatable bonds is 3. The predicted octanol–water partition coefficient (Wildman–Crippen LogP) is 3.70. The summed E-state index contributed by atoms with van der Waals surface area (Å²) in [4.78, 5) is 11.5. The highest BCUT2D eigenvalue weighted by atomic mass is 79.9. The number of hydrogen-bond acceptors (Lipinski definition) is 1. The first-order chi connectivity index (χ1) is 7.00. The van der Waals surface area contributed by atoms with Crippen molar-refractivity contribution in [2.45, 2.75) is 18.7 Å². The third-order valence-corrected chi connectivity index (χ3v) is 3.67. The number of amides is 1. The number of carbonyl (C=O) groups excluding carboxylic acids is 1. The van der Waals surface area contributed by atoms with Gasteiger partial charge in [-0.05, 0) is 30.2 Å². The summed E-state index contributed by atoms with van der Waals surface area (Å²) in [7, 11) is 0. The Morgan fingerprint density at radius 3 is 2.33 bits per heavy atom. The van der Waals surface area contributed by atoms with E-state index >= 15 is 0 Å². The maximum Gasteiger partial charge on any atom is 0.238 e. The minimum absolute atomic E-state index is 0.0349. The van der Waals surface area contributed by atoms with Gasteiger partial charge in [0.25, 0.3) is 0 Å². The van der Waals surface area contributed by atoms with Gasteiger partial charge in [-0.3, -0.25) is 4.79 Å². The Labute approximate surface area is 103 Å². The van der Waals surface area contributed by atoms with Gasteiger partial charge in [-0.2, -0.15) is 0 Å². The Balaban J connectivity index is 2.62. The number of anilines is 1. The largest absolute Gasteiger partial charge is 0.325 e. The SMILES string of the molecule is CC(C)[C@H](Br)C(=O)Nc1ccc(Cl)cc1. The summed E-state index contributed by atoms with van der Waals surface area (Å²) in [6.45, 7) is 3.97. The van der Waals surface area contributed by atoms with E-state index in [4.69, 9.17) is 11.6 Å². The molecule has 0 unspecified atom stereocenters. The molecule has 0 spiro atoms. The van der Waals surface area contributed by atoms with Crippen LogP contribution in [-0.4, -0.2) is 10.7 Å². The highest BCUT2D eigenvalue weighted by Crippen LogP contribution is 2.17. The zero-order chi connectivity index (χ0) is 11.4. The van der Waals surface area contributed by atoms with Crippen LogP contribution < -0.4 is 5.32 Å². The van der Waals surface area contributed by atoms with E-state index in [2.05, 4.69) is 21.2 Å². The number of benzene rings is 1. The summed E-state index contributed by atoms with van der Waals surface area (Å²) in [5.41, 5.74) is 0.759. The average Bonchev–Trinajstić information content (AvgIpc) is 2.20. The van der Waals surface area contributed by atoms with Crippen molar-refractivity contribution in [2.75, 3.05) is 5.32 Å². The fraction of sp³-hybridized carbons (Fsp3) is 0.364. The molecule has 0 aliphatic heterocycles. The molecule has 0 saturated heterocycles. The van der Waals surface area contributed by atoms with Crippen LogP contribution in [0.25, 0.3) is 0 Å². The molecular weight excluding hydrogens is 277 g/mol. The molecule has 1 rings (SSSR count). The predicted molar refractivity (Wildman–Crippen MR) is 67.6 cm³/mol. The van der Waals surface area contributed by atoms with Crippen molar-refractivity contribution in [1.82, 2.24) is 0 Å². The molecule has 2 nitrogen and oxygen atoms in total. The Morgan fingerprint density at radius 2 is 1.87 bits per heavy atom. The molecular formula is C11H13BrClNO. The summed E-state index contributed by atoms with van der Waals surface area (Å²) in [5.74, 6) is 0.227. The zero-order valence-electron chi connectivity index (χ0n) is 8.63. The molecule has 0 fully saturated rings. The topological polar surface area (TPSA) is 29.1 Å². The second kappa shape index (κ2) is 5.52. The molecule has 0 aliphatic rings. The molecule has 0 aromatic heterocycles. The van der Waals surface area contributed by atoms with Gasteiger partial charge in [0, 0.05) is 10.7 Å². The van der Waals surface area contributed by atoms with Crippen molar-refractivity contribution in [1.29, 1.82) is 0 Å². The van der Waals surface area contributed by atoms with Gasteiger partial charge in [-0.15, -0.1) is 0 Å². The quantitative estimate of drug-likeness (QED) is 0.845. The van der Waals surface area contributed by atoms with E-state index in [0.717, 1.165) is 5.69 Å². The monoisotopic (exact) mass is 289 g/mol. The van der Waals surface area contributed by atoms with Gasteiger partial charge in [0.15, 0.2) is 0 Å².